The molecule has 1 aliphatic heterocycles. The highest BCUT2D eigenvalue weighted by atomic mass is 16.6. The molecule has 1 aliphatic rings. The highest BCUT2D eigenvalue weighted by Gasteiger charge is 2.13. The predicted molar refractivity (Wildman–Crippen MR) is 80.4 cm³/mol. The van der Waals surface area contributed by atoms with Crippen LogP contribution in [0.1, 0.15) is 19.8 Å². The number of nitriles is 1. The zero-order valence-corrected chi connectivity index (χ0v) is 12.9. The number of allylic oxidation sites excluding steroid dienone is 3. The molecule has 0 aromatic carbocycles. The van der Waals surface area contributed by atoms with E-state index in [9.17, 15) is 9.59 Å². The summed E-state index contributed by atoms with van der Waals surface area (Å²) in [6.45, 7) is 5.76. The predicted octanol–water partition coefficient (Wildman–Crippen LogP) is 1.71. The molecule has 1 rings (SSSR count). The van der Waals surface area contributed by atoms with E-state index in [1.54, 1.807) is 6.08 Å². The van der Waals surface area contributed by atoms with E-state index < -0.39 is 11.9 Å². The number of likely N-dealkylation sites (tertiary alicyclic amines) is 1. The second kappa shape index (κ2) is 8.67. The smallest absolute Gasteiger partial charge is 0.349 e. The van der Waals surface area contributed by atoms with Crippen molar-refractivity contribution >= 4 is 11.9 Å². The van der Waals surface area contributed by atoms with Gasteiger partial charge in [-0.15, -0.1) is 0 Å². The van der Waals surface area contributed by atoms with Crippen molar-refractivity contribution < 1.29 is 19.1 Å². The third-order valence-corrected chi connectivity index (χ3v) is 3.10. The first-order valence-electron chi connectivity index (χ1n) is 6.97. The topological polar surface area (TPSA) is 79.6 Å². The van der Waals surface area contributed by atoms with Gasteiger partial charge in [-0.25, -0.2) is 9.59 Å². The van der Waals surface area contributed by atoms with Gasteiger partial charge >= 0.3 is 11.9 Å². The first-order chi connectivity index (χ1) is 10.5. The number of carbonyl (C=O) groups is 2. The SMILES string of the molecule is C=C(C)C(=O)OCCOC(=O)/C(C#N)=C/C=C1\CCCN1C. The third-order valence-electron chi connectivity index (χ3n) is 3.10. The summed E-state index contributed by atoms with van der Waals surface area (Å²) >= 11 is 0. The lowest BCUT2D eigenvalue weighted by Crippen LogP contribution is -2.15. The maximum absolute atomic E-state index is 11.7. The molecule has 0 amide bonds. The maximum Gasteiger partial charge on any atom is 0.349 e. The van der Waals surface area contributed by atoms with Crippen LogP contribution in [0.5, 0.6) is 0 Å². The molecule has 1 saturated heterocycles. The summed E-state index contributed by atoms with van der Waals surface area (Å²) in [5.41, 5.74) is 1.27. The van der Waals surface area contributed by atoms with Crippen molar-refractivity contribution in [3.05, 3.63) is 35.6 Å². The monoisotopic (exact) mass is 304 g/mol. The van der Waals surface area contributed by atoms with Crippen molar-refractivity contribution in [1.29, 1.82) is 5.26 Å². The van der Waals surface area contributed by atoms with Gasteiger partial charge in [-0.3, -0.25) is 0 Å². The number of carbonyl (C=O) groups excluding carboxylic acids is 2. The van der Waals surface area contributed by atoms with Gasteiger partial charge in [0.2, 0.25) is 0 Å². The van der Waals surface area contributed by atoms with Gasteiger partial charge in [0.1, 0.15) is 24.9 Å². The molecule has 6 nitrogen and oxygen atoms in total. The van der Waals surface area contributed by atoms with Crippen LogP contribution in [-0.4, -0.2) is 43.6 Å². The van der Waals surface area contributed by atoms with E-state index in [4.69, 9.17) is 14.7 Å². The van der Waals surface area contributed by atoms with Gasteiger partial charge in [-0.05, 0) is 31.9 Å². The van der Waals surface area contributed by atoms with E-state index in [-0.39, 0.29) is 24.4 Å². The summed E-state index contributed by atoms with van der Waals surface area (Å²) in [7, 11) is 1.97. The second-order valence-corrected chi connectivity index (χ2v) is 4.93. The molecule has 22 heavy (non-hydrogen) atoms. The molecule has 1 fully saturated rings. The first-order valence-corrected chi connectivity index (χ1v) is 6.97. The second-order valence-electron chi connectivity index (χ2n) is 4.93. The molecule has 118 valence electrons. The third kappa shape index (κ3) is 5.44. The summed E-state index contributed by atoms with van der Waals surface area (Å²) in [5.74, 6) is -1.27. The van der Waals surface area contributed by atoms with E-state index in [1.165, 1.54) is 13.0 Å². The minimum absolute atomic E-state index is 0.0695. The lowest BCUT2D eigenvalue weighted by molar-refractivity contribution is -0.147. The van der Waals surface area contributed by atoms with Gasteiger partial charge in [-0.2, -0.15) is 5.26 Å². The number of esters is 2. The Labute approximate surface area is 130 Å². The molecule has 0 N–H and O–H groups in total. The van der Waals surface area contributed by atoms with Gasteiger partial charge in [0.15, 0.2) is 0 Å². The summed E-state index contributed by atoms with van der Waals surface area (Å²) in [4.78, 5) is 24.9. The molecule has 0 aromatic heterocycles. The fourth-order valence-electron chi connectivity index (χ4n) is 1.84. The minimum Gasteiger partial charge on any atom is -0.459 e. The van der Waals surface area contributed by atoms with Crippen LogP contribution >= 0.6 is 0 Å². The summed E-state index contributed by atoms with van der Waals surface area (Å²) in [6, 6.07) is 1.81. The van der Waals surface area contributed by atoms with Crippen molar-refractivity contribution in [2.24, 2.45) is 0 Å². The van der Waals surface area contributed by atoms with E-state index >= 15 is 0 Å². The number of nitrogens with zero attached hydrogens (tertiary/aromatic N) is 2. The van der Waals surface area contributed by atoms with Gasteiger partial charge in [0.25, 0.3) is 0 Å². The maximum atomic E-state index is 11.7. The fourth-order valence-corrected chi connectivity index (χ4v) is 1.84. The molecular weight excluding hydrogens is 284 g/mol. The van der Waals surface area contributed by atoms with Crippen LogP contribution in [0.15, 0.2) is 35.6 Å². The highest BCUT2D eigenvalue weighted by Crippen LogP contribution is 2.18. The van der Waals surface area contributed by atoms with Gasteiger partial charge in [-0.1, -0.05) is 6.58 Å². The van der Waals surface area contributed by atoms with Crippen LogP contribution in [-0.2, 0) is 19.1 Å². The average molecular weight is 304 g/mol. The van der Waals surface area contributed by atoms with E-state index in [2.05, 4.69) is 11.5 Å². The zero-order chi connectivity index (χ0) is 16.5. The Kier molecular flexibility index (Phi) is 6.90. The van der Waals surface area contributed by atoms with Crippen LogP contribution in [0.2, 0.25) is 0 Å². The normalized spacial score (nSPS) is 16.3. The van der Waals surface area contributed by atoms with Crippen molar-refractivity contribution in [1.82, 2.24) is 4.90 Å². The Bertz CT molecular complexity index is 555. The molecule has 0 unspecified atom stereocenters. The molecule has 0 saturated carbocycles. The Morgan fingerprint density at radius 1 is 1.36 bits per heavy atom. The summed E-state index contributed by atoms with van der Waals surface area (Å²) in [6.07, 6.45) is 5.21. The molecule has 0 aliphatic carbocycles. The van der Waals surface area contributed by atoms with Gasteiger partial charge < -0.3 is 14.4 Å². The quantitative estimate of drug-likeness (QED) is 0.322. The molecule has 0 aromatic rings. The molecule has 1 heterocycles. The minimum atomic E-state index is -0.730. The Morgan fingerprint density at radius 2 is 2.00 bits per heavy atom. The molecule has 0 spiro atoms. The fraction of sp³-hybridized carbons (Fsp3) is 0.438. The molecule has 6 heteroatoms. The molecular formula is C16H20N2O4. The van der Waals surface area contributed by atoms with Crippen LogP contribution in [0.25, 0.3) is 0 Å². The van der Waals surface area contributed by atoms with Gasteiger partial charge in [0, 0.05) is 24.9 Å². The first kappa shape index (κ1) is 17.5. The Hall–Kier alpha value is -2.55. The van der Waals surface area contributed by atoms with E-state index in [1.807, 2.05) is 13.1 Å². The standard InChI is InChI=1S/C16H20N2O4/c1-12(2)15(19)21-9-10-22-16(20)13(11-17)6-7-14-5-4-8-18(14)3/h6-7H,1,4-5,8-10H2,2-3H3/b13-6+,14-7+. The number of hydrogen-bond acceptors (Lipinski definition) is 6. The van der Waals surface area contributed by atoms with Crippen molar-refractivity contribution in [2.75, 3.05) is 26.8 Å². The molecule has 0 bridgehead atoms. The van der Waals surface area contributed by atoms with Crippen LogP contribution < -0.4 is 0 Å². The summed E-state index contributed by atoms with van der Waals surface area (Å²) < 4.78 is 9.67. The van der Waals surface area contributed by atoms with Crippen LogP contribution in [0, 0.1) is 11.3 Å². The van der Waals surface area contributed by atoms with Crippen LogP contribution in [0.4, 0.5) is 0 Å². The summed E-state index contributed by atoms with van der Waals surface area (Å²) in [5, 5.41) is 8.99. The average Bonchev–Trinajstić information content (AvgIpc) is 2.89. The largest absolute Gasteiger partial charge is 0.459 e. The molecule has 0 radical (unpaired) electrons. The van der Waals surface area contributed by atoms with Crippen LogP contribution in [0.3, 0.4) is 0 Å². The lowest BCUT2D eigenvalue weighted by atomic mass is 10.2. The van der Waals surface area contributed by atoms with Crippen molar-refractivity contribution in [3.63, 3.8) is 0 Å². The molecule has 0 atom stereocenters. The van der Waals surface area contributed by atoms with Crippen molar-refractivity contribution in [2.45, 2.75) is 19.8 Å². The number of rotatable bonds is 6. The van der Waals surface area contributed by atoms with E-state index in [0.717, 1.165) is 25.1 Å². The Morgan fingerprint density at radius 3 is 2.50 bits per heavy atom. The number of ether oxygens (including phenoxy) is 2. The lowest BCUT2D eigenvalue weighted by Gasteiger charge is -2.11. The van der Waals surface area contributed by atoms with Crippen molar-refractivity contribution in [3.8, 4) is 6.07 Å². The van der Waals surface area contributed by atoms with Gasteiger partial charge in [0.05, 0.1) is 0 Å². The Balaban J connectivity index is 2.46. The number of hydrogen-bond donors (Lipinski definition) is 0. The zero-order valence-electron chi connectivity index (χ0n) is 12.9. The highest BCUT2D eigenvalue weighted by molar-refractivity contribution is 5.93. The van der Waals surface area contributed by atoms with E-state index in [0.29, 0.717) is 0 Å².